The molecule has 1 aliphatic heterocycles. The SMILES string of the molecule is CCNC(=O)C1CCC(n2cnc3c(N)nc(C#CC4(O)CCCC5CCCCC54)nc32)O1. The molecule has 2 aromatic rings. The molecular weight excluding hydrogens is 420 g/mol. The first-order chi connectivity index (χ1) is 16.0. The Labute approximate surface area is 193 Å². The van der Waals surface area contributed by atoms with Gasteiger partial charge in [0.2, 0.25) is 11.7 Å². The molecule has 0 aromatic carbocycles. The number of nitrogens with one attached hydrogen (secondary N) is 1. The second-order valence-corrected chi connectivity index (χ2v) is 9.53. The fourth-order valence-corrected chi connectivity index (χ4v) is 5.83. The van der Waals surface area contributed by atoms with Crippen LogP contribution in [0.5, 0.6) is 0 Å². The molecule has 4 N–H and O–H groups in total. The Morgan fingerprint density at radius 1 is 1.27 bits per heavy atom. The van der Waals surface area contributed by atoms with Gasteiger partial charge in [-0.2, -0.15) is 0 Å². The molecule has 0 spiro atoms. The molecule has 0 radical (unpaired) electrons. The fraction of sp³-hybridized carbons (Fsp3) is 0.667. The van der Waals surface area contributed by atoms with Gasteiger partial charge < -0.3 is 20.9 Å². The van der Waals surface area contributed by atoms with E-state index in [4.69, 9.17) is 10.5 Å². The molecule has 5 unspecified atom stereocenters. The van der Waals surface area contributed by atoms with Crippen molar-refractivity contribution in [3.8, 4) is 11.8 Å². The van der Waals surface area contributed by atoms with Crippen LogP contribution in [0.3, 0.4) is 0 Å². The average molecular weight is 453 g/mol. The Morgan fingerprint density at radius 2 is 2.09 bits per heavy atom. The van der Waals surface area contributed by atoms with E-state index in [1.54, 1.807) is 10.9 Å². The normalized spacial score (nSPS) is 31.6. The number of nitrogens with zero attached hydrogens (tertiary/aromatic N) is 4. The summed E-state index contributed by atoms with van der Waals surface area (Å²) in [6.45, 7) is 2.45. The monoisotopic (exact) mass is 452 g/mol. The van der Waals surface area contributed by atoms with Crippen LogP contribution in [-0.2, 0) is 9.53 Å². The standard InChI is InChI=1S/C24H32N6O3/c1-2-26-23(31)17-9-10-19(33-17)30-14-27-20-21(25)28-18(29-22(20)30)11-13-24(32)12-5-7-15-6-3-4-8-16(15)24/h14-17,19,32H,2-10,12H2,1H3,(H,26,31)(H2,25,28,29). The quantitative estimate of drug-likeness (QED) is 0.610. The second-order valence-electron chi connectivity index (χ2n) is 9.53. The van der Waals surface area contributed by atoms with Crippen molar-refractivity contribution >= 4 is 22.9 Å². The van der Waals surface area contributed by atoms with E-state index in [9.17, 15) is 9.90 Å². The van der Waals surface area contributed by atoms with Gasteiger partial charge in [0.25, 0.3) is 0 Å². The molecule has 2 saturated carbocycles. The maximum Gasteiger partial charge on any atom is 0.249 e. The predicted octanol–water partition coefficient (Wildman–Crippen LogP) is 2.30. The van der Waals surface area contributed by atoms with Crippen molar-refractivity contribution in [3.63, 3.8) is 0 Å². The number of amides is 1. The number of fused-ring (bicyclic) bond motifs is 2. The van der Waals surface area contributed by atoms with E-state index < -0.39 is 11.7 Å². The first-order valence-corrected chi connectivity index (χ1v) is 12.2. The summed E-state index contributed by atoms with van der Waals surface area (Å²) in [5.41, 5.74) is 6.18. The number of imidazole rings is 1. The third-order valence-corrected chi connectivity index (χ3v) is 7.45. The van der Waals surface area contributed by atoms with Crippen molar-refractivity contribution in [2.75, 3.05) is 12.3 Å². The van der Waals surface area contributed by atoms with E-state index >= 15 is 0 Å². The lowest BCUT2D eigenvalue weighted by atomic mass is 9.63. The summed E-state index contributed by atoms with van der Waals surface area (Å²) in [6.07, 6.45) is 9.53. The number of rotatable bonds is 3. The smallest absolute Gasteiger partial charge is 0.249 e. The molecule has 3 heterocycles. The van der Waals surface area contributed by atoms with Crippen LogP contribution in [0.1, 0.15) is 76.8 Å². The maximum absolute atomic E-state index is 12.1. The van der Waals surface area contributed by atoms with E-state index in [1.807, 2.05) is 6.92 Å². The van der Waals surface area contributed by atoms with E-state index in [2.05, 4.69) is 32.1 Å². The van der Waals surface area contributed by atoms with Crippen molar-refractivity contribution in [1.29, 1.82) is 0 Å². The van der Waals surface area contributed by atoms with Crippen LogP contribution in [0.15, 0.2) is 6.33 Å². The summed E-state index contributed by atoms with van der Waals surface area (Å²) in [5.74, 6) is 7.34. The molecule has 9 heteroatoms. The highest BCUT2D eigenvalue weighted by Gasteiger charge is 2.44. The van der Waals surface area contributed by atoms with Crippen molar-refractivity contribution < 1.29 is 14.6 Å². The number of ether oxygens (including phenoxy) is 1. The number of likely N-dealkylation sites (N-methyl/N-ethyl adjacent to an activating group) is 1. The number of carbonyl (C=O) groups excluding carboxylic acids is 1. The molecule has 1 saturated heterocycles. The topological polar surface area (TPSA) is 128 Å². The lowest BCUT2D eigenvalue weighted by Gasteiger charge is -2.44. The average Bonchev–Trinajstić information content (AvgIpc) is 3.46. The molecule has 5 atom stereocenters. The molecule has 3 aliphatic rings. The maximum atomic E-state index is 12.1. The van der Waals surface area contributed by atoms with Crippen molar-refractivity contribution in [1.82, 2.24) is 24.8 Å². The van der Waals surface area contributed by atoms with Gasteiger partial charge in [0, 0.05) is 12.5 Å². The fourth-order valence-electron chi connectivity index (χ4n) is 5.83. The van der Waals surface area contributed by atoms with Crippen LogP contribution < -0.4 is 11.1 Å². The van der Waals surface area contributed by atoms with Gasteiger partial charge in [0.15, 0.2) is 11.5 Å². The Hall–Kier alpha value is -2.70. The molecule has 9 nitrogen and oxygen atoms in total. The van der Waals surface area contributed by atoms with Crippen LogP contribution in [0.25, 0.3) is 11.2 Å². The number of aliphatic hydroxyl groups is 1. The minimum atomic E-state index is -0.995. The van der Waals surface area contributed by atoms with Gasteiger partial charge in [0.05, 0.1) is 6.33 Å². The van der Waals surface area contributed by atoms with E-state index in [0.717, 1.165) is 19.3 Å². The zero-order valence-corrected chi connectivity index (χ0v) is 19.1. The minimum Gasteiger partial charge on any atom is -0.382 e. The highest BCUT2D eigenvalue weighted by atomic mass is 16.5. The number of nitrogens with two attached hydrogens (primary N) is 1. The molecule has 176 valence electrons. The van der Waals surface area contributed by atoms with Gasteiger partial charge in [-0.15, -0.1) is 0 Å². The summed E-state index contributed by atoms with van der Waals surface area (Å²) in [4.78, 5) is 25.5. The summed E-state index contributed by atoms with van der Waals surface area (Å²) < 4.78 is 7.77. The van der Waals surface area contributed by atoms with Crippen molar-refractivity contribution in [2.45, 2.75) is 82.6 Å². The van der Waals surface area contributed by atoms with Crippen LogP contribution in [-0.4, -0.2) is 48.8 Å². The zero-order valence-electron chi connectivity index (χ0n) is 19.1. The predicted molar refractivity (Wildman–Crippen MR) is 123 cm³/mol. The summed E-state index contributed by atoms with van der Waals surface area (Å²) >= 11 is 0. The van der Waals surface area contributed by atoms with Gasteiger partial charge in [-0.25, -0.2) is 15.0 Å². The summed E-state index contributed by atoms with van der Waals surface area (Å²) in [7, 11) is 0. The van der Waals surface area contributed by atoms with Gasteiger partial charge >= 0.3 is 0 Å². The van der Waals surface area contributed by atoms with Gasteiger partial charge in [0.1, 0.15) is 23.4 Å². The summed E-state index contributed by atoms with van der Waals surface area (Å²) in [6, 6.07) is 0. The Kier molecular flexibility index (Phi) is 5.97. The molecule has 0 bridgehead atoms. The third-order valence-electron chi connectivity index (χ3n) is 7.45. The highest BCUT2D eigenvalue weighted by molar-refractivity contribution is 5.82. The van der Waals surface area contributed by atoms with Crippen LogP contribution in [0, 0.1) is 23.7 Å². The molecular formula is C24H32N6O3. The highest BCUT2D eigenvalue weighted by Crippen LogP contribution is 2.45. The third kappa shape index (κ3) is 4.18. The Morgan fingerprint density at radius 3 is 2.94 bits per heavy atom. The molecule has 5 rings (SSSR count). The molecule has 2 aliphatic carbocycles. The lowest BCUT2D eigenvalue weighted by Crippen LogP contribution is -2.45. The molecule has 2 aromatic heterocycles. The largest absolute Gasteiger partial charge is 0.382 e. The number of aromatic nitrogens is 4. The number of hydrogen-bond donors (Lipinski definition) is 3. The minimum absolute atomic E-state index is 0.105. The van der Waals surface area contributed by atoms with Crippen molar-refractivity contribution in [2.24, 2.45) is 11.8 Å². The van der Waals surface area contributed by atoms with Gasteiger partial charge in [-0.05, 0) is 57.3 Å². The van der Waals surface area contributed by atoms with Crippen LogP contribution >= 0.6 is 0 Å². The van der Waals surface area contributed by atoms with E-state index in [0.29, 0.717) is 42.9 Å². The van der Waals surface area contributed by atoms with Gasteiger partial charge in [-0.1, -0.05) is 25.2 Å². The Balaban J connectivity index is 1.42. The molecule has 33 heavy (non-hydrogen) atoms. The number of carbonyl (C=O) groups is 1. The number of hydrogen-bond acceptors (Lipinski definition) is 7. The molecule has 3 fully saturated rings. The number of nitrogen functional groups attached to an aromatic ring is 1. The van der Waals surface area contributed by atoms with Gasteiger partial charge in [-0.3, -0.25) is 9.36 Å². The second kappa shape index (κ2) is 8.92. The van der Waals surface area contributed by atoms with Crippen LogP contribution in [0.2, 0.25) is 0 Å². The lowest BCUT2D eigenvalue weighted by molar-refractivity contribution is -0.133. The Bertz CT molecular complexity index is 1100. The first kappa shape index (κ1) is 22.1. The summed E-state index contributed by atoms with van der Waals surface area (Å²) in [5, 5.41) is 14.2. The zero-order chi connectivity index (χ0) is 23.0. The molecule has 1 amide bonds. The van der Waals surface area contributed by atoms with E-state index in [-0.39, 0.29) is 29.7 Å². The van der Waals surface area contributed by atoms with E-state index in [1.165, 1.54) is 19.3 Å². The number of anilines is 1. The van der Waals surface area contributed by atoms with Crippen molar-refractivity contribution in [3.05, 3.63) is 12.2 Å². The van der Waals surface area contributed by atoms with Crippen LogP contribution in [0.4, 0.5) is 5.82 Å². The first-order valence-electron chi connectivity index (χ1n) is 12.2.